The minimum absolute atomic E-state index is 0.564. The Labute approximate surface area is 111 Å². The summed E-state index contributed by atoms with van der Waals surface area (Å²) in [4.78, 5) is 4.24. The van der Waals surface area contributed by atoms with E-state index in [2.05, 4.69) is 16.4 Å². The number of aromatic nitrogens is 2. The molecule has 0 unspecified atom stereocenters. The summed E-state index contributed by atoms with van der Waals surface area (Å²) in [6.45, 7) is 0.747. The molecule has 0 fully saturated rings. The molecule has 0 aliphatic rings. The van der Waals surface area contributed by atoms with Gasteiger partial charge < -0.3 is 9.88 Å². The van der Waals surface area contributed by atoms with Gasteiger partial charge in [0, 0.05) is 32.4 Å². The molecule has 2 rings (SSSR count). The Balaban J connectivity index is 1.95. The van der Waals surface area contributed by atoms with E-state index in [0.717, 1.165) is 24.5 Å². The number of imidazole rings is 1. The predicted octanol–water partition coefficient (Wildman–Crippen LogP) is 2.60. The molecule has 1 aromatic heterocycles. The number of nitrogens with zero attached hydrogens (tertiary/aromatic N) is 3. The van der Waals surface area contributed by atoms with E-state index in [-0.39, 0.29) is 0 Å². The van der Waals surface area contributed by atoms with Gasteiger partial charge in [-0.15, -0.1) is 0 Å². The molecule has 0 aliphatic heterocycles. The number of benzene rings is 1. The molecule has 0 radical (unpaired) electrons. The molecule has 0 atom stereocenters. The van der Waals surface area contributed by atoms with Gasteiger partial charge in [-0.2, -0.15) is 5.26 Å². The smallest absolute Gasteiger partial charge is 0.110 e. The lowest BCUT2D eigenvalue weighted by atomic mass is 10.2. The molecule has 18 heavy (non-hydrogen) atoms. The van der Waals surface area contributed by atoms with Crippen molar-refractivity contribution in [2.45, 2.75) is 6.42 Å². The zero-order chi connectivity index (χ0) is 13.0. The van der Waals surface area contributed by atoms with E-state index in [1.54, 1.807) is 18.3 Å². The van der Waals surface area contributed by atoms with E-state index >= 15 is 0 Å². The summed E-state index contributed by atoms with van der Waals surface area (Å²) in [5.41, 5.74) is 1.40. The van der Waals surface area contributed by atoms with Gasteiger partial charge >= 0.3 is 0 Å². The van der Waals surface area contributed by atoms with Crippen LogP contribution in [0, 0.1) is 11.3 Å². The Morgan fingerprint density at radius 3 is 2.94 bits per heavy atom. The maximum Gasteiger partial charge on any atom is 0.110 e. The summed E-state index contributed by atoms with van der Waals surface area (Å²) >= 11 is 6.07. The number of nitrogens with one attached hydrogen (secondary N) is 1. The van der Waals surface area contributed by atoms with Crippen LogP contribution in [-0.4, -0.2) is 16.1 Å². The third-order valence-electron chi connectivity index (χ3n) is 2.68. The molecule has 0 aliphatic carbocycles. The Bertz CT molecular complexity index is 583. The van der Waals surface area contributed by atoms with Crippen molar-refractivity contribution in [2.24, 2.45) is 7.05 Å². The van der Waals surface area contributed by atoms with Crippen LogP contribution in [0.5, 0.6) is 0 Å². The van der Waals surface area contributed by atoms with E-state index in [1.807, 2.05) is 23.9 Å². The molecule has 1 aromatic carbocycles. The number of halogens is 1. The van der Waals surface area contributed by atoms with Gasteiger partial charge in [0.15, 0.2) is 0 Å². The lowest BCUT2D eigenvalue weighted by molar-refractivity contribution is 0.790. The van der Waals surface area contributed by atoms with Crippen molar-refractivity contribution in [3.8, 4) is 6.07 Å². The van der Waals surface area contributed by atoms with E-state index in [4.69, 9.17) is 16.9 Å². The summed E-state index contributed by atoms with van der Waals surface area (Å²) < 4.78 is 1.99. The fourth-order valence-electron chi connectivity index (χ4n) is 1.67. The van der Waals surface area contributed by atoms with Crippen LogP contribution in [0.25, 0.3) is 0 Å². The normalized spacial score (nSPS) is 10.1. The third kappa shape index (κ3) is 2.82. The fraction of sp³-hybridized carbons (Fsp3) is 0.231. The van der Waals surface area contributed by atoms with Crippen LogP contribution in [0.2, 0.25) is 5.02 Å². The van der Waals surface area contributed by atoms with E-state index in [0.29, 0.717) is 10.6 Å². The summed E-state index contributed by atoms with van der Waals surface area (Å²) in [6, 6.07) is 7.28. The van der Waals surface area contributed by atoms with Gasteiger partial charge in [-0.1, -0.05) is 11.6 Å². The van der Waals surface area contributed by atoms with E-state index in [1.165, 1.54) is 0 Å². The van der Waals surface area contributed by atoms with Crippen molar-refractivity contribution in [1.82, 2.24) is 9.55 Å². The number of nitriles is 1. The Kier molecular flexibility index (Phi) is 3.85. The molecule has 0 bridgehead atoms. The first-order valence-electron chi connectivity index (χ1n) is 5.60. The highest BCUT2D eigenvalue weighted by Gasteiger charge is 2.02. The van der Waals surface area contributed by atoms with Crippen molar-refractivity contribution < 1.29 is 0 Å². The topological polar surface area (TPSA) is 53.6 Å². The summed E-state index contributed by atoms with van der Waals surface area (Å²) in [5.74, 6) is 1.02. The largest absolute Gasteiger partial charge is 0.383 e. The minimum Gasteiger partial charge on any atom is -0.383 e. The minimum atomic E-state index is 0.564. The first-order chi connectivity index (χ1) is 8.70. The number of aryl methyl sites for hydroxylation is 1. The molecule has 0 amide bonds. The van der Waals surface area contributed by atoms with Crippen LogP contribution in [-0.2, 0) is 13.5 Å². The zero-order valence-corrected chi connectivity index (χ0v) is 10.8. The number of anilines is 1. The molecule has 2 aromatic rings. The molecule has 0 saturated carbocycles. The van der Waals surface area contributed by atoms with Crippen LogP contribution >= 0.6 is 11.6 Å². The van der Waals surface area contributed by atoms with E-state index in [9.17, 15) is 0 Å². The molecule has 1 N–H and O–H groups in total. The Morgan fingerprint density at radius 1 is 1.50 bits per heavy atom. The van der Waals surface area contributed by atoms with Crippen molar-refractivity contribution in [3.05, 3.63) is 47.0 Å². The van der Waals surface area contributed by atoms with Gasteiger partial charge in [0.25, 0.3) is 0 Å². The number of rotatable bonds is 4. The van der Waals surface area contributed by atoms with E-state index < -0.39 is 0 Å². The van der Waals surface area contributed by atoms with Crippen LogP contribution in [0.15, 0.2) is 30.6 Å². The Hall–Kier alpha value is -1.99. The lowest BCUT2D eigenvalue weighted by Crippen LogP contribution is -2.08. The van der Waals surface area contributed by atoms with Crippen molar-refractivity contribution in [1.29, 1.82) is 5.26 Å². The molecule has 1 heterocycles. The maximum atomic E-state index is 8.74. The summed E-state index contributed by atoms with van der Waals surface area (Å²) in [5, 5.41) is 12.5. The molecular weight excluding hydrogens is 248 g/mol. The summed E-state index contributed by atoms with van der Waals surface area (Å²) in [7, 11) is 1.97. The van der Waals surface area contributed by atoms with Gasteiger partial charge in [0.2, 0.25) is 0 Å². The molecule has 0 spiro atoms. The second kappa shape index (κ2) is 5.56. The van der Waals surface area contributed by atoms with Gasteiger partial charge in [0.05, 0.1) is 22.3 Å². The second-order valence-electron chi connectivity index (χ2n) is 3.94. The molecular formula is C13H13ClN4. The van der Waals surface area contributed by atoms with Gasteiger partial charge in [-0.3, -0.25) is 0 Å². The van der Waals surface area contributed by atoms with Crippen molar-refractivity contribution in [2.75, 3.05) is 11.9 Å². The monoisotopic (exact) mass is 260 g/mol. The predicted molar refractivity (Wildman–Crippen MR) is 71.6 cm³/mol. The highest BCUT2D eigenvalue weighted by molar-refractivity contribution is 6.33. The Morgan fingerprint density at radius 2 is 2.33 bits per heavy atom. The van der Waals surface area contributed by atoms with Gasteiger partial charge in [-0.05, 0) is 18.2 Å². The van der Waals surface area contributed by atoms with Crippen LogP contribution in [0.1, 0.15) is 11.4 Å². The van der Waals surface area contributed by atoms with Crippen LogP contribution in [0.4, 0.5) is 5.69 Å². The third-order valence-corrected chi connectivity index (χ3v) is 3.00. The summed E-state index contributed by atoms with van der Waals surface area (Å²) in [6.07, 6.45) is 4.52. The zero-order valence-electron chi connectivity index (χ0n) is 10.0. The molecule has 5 heteroatoms. The maximum absolute atomic E-state index is 8.74. The van der Waals surface area contributed by atoms with Crippen molar-refractivity contribution in [3.63, 3.8) is 0 Å². The molecule has 0 saturated heterocycles. The highest BCUT2D eigenvalue weighted by Crippen LogP contribution is 2.22. The standard InChI is InChI=1S/C13H13ClN4/c1-18-7-6-17-13(18)4-5-16-12-3-2-10(9-15)8-11(12)14/h2-3,6-8,16H,4-5H2,1H3. The van der Waals surface area contributed by atoms with Gasteiger partial charge in [0.1, 0.15) is 5.82 Å². The van der Waals surface area contributed by atoms with Crippen LogP contribution < -0.4 is 5.32 Å². The SMILES string of the molecule is Cn1ccnc1CCNc1ccc(C#N)cc1Cl. The molecule has 4 nitrogen and oxygen atoms in total. The molecule has 92 valence electrons. The number of hydrogen-bond acceptors (Lipinski definition) is 3. The average Bonchev–Trinajstić information content (AvgIpc) is 2.77. The highest BCUT2D eigenvalue weighted by atomic mass is 35.5. The average molecular weight is 261 g/mol. The first kappa shape index (κ1) is 12.5. The van der Waals surface area contributed by atoms with Crippen LogP contribution in [0.3, 0.4) is 0 Å². The fourth-order valence-corrected chi connectivity index (χ4v) is 1.92. The van der Waals surface area contributed by atoms with Crippen molar-refractivity contribution >= 4 is 17.3 Å². The lowest BCUT2D eigenvalue weighted by Gasteiger charge is -2.08. The van der Waals surface area contributed by atoms with Gasteiger partial charge in [-0.25, -0.2) is 4.98 Å². The first-order valence-corrected chi connectivity index (χ1v) is 5.98. The quantitative estimate of drug-likeness (QED) is 0.919. The number of hydrogen-bond donors (Lipinski definition) is 1. The second-order valence-corrected chi connectivity index (χ2v) is 4.34.